The maximum absolute atomic E-state index is 8.79. The van der Waals surface area contributed by atoms with Crippen LogP contribution in [0.15, 0.2) is 35.5 Å². The number of nitrogens with two attached hydrogens (primary N) is 1. The lowest BCUT2D eigenvalue weighted by molar-refractivity contribution is 0.0876. The van der Waals surface area contributed by atoms with Crippen LogP contribution in [0.25, 0.3) is 0 Å². The van der Waals surface area contributed by atoms with Crippen LogP contribution >= 0.6 is 0 Å². The molecular weight excluding hydrogens is 254 g/mol. The van der Waals surface area contributed by atoms with Gasteiger partial charge in [0.05, 0.1) is 6.04 Å². The molecule has 1 unspecified atom stereocenters. The predicted molar refractivity (Wildman–Crippen MR) is 79.4 cm³/mol. The maximum atomic E-state index is 8.79. The highest BCUT2D eigenvalue weighted by molar-refractivity contribution is 5.80. The van der Waals surface area contributed by atoms with Crippen LogP contribution in [0.2, 0.25) is 0 Å². The number of hydrogen-bond acceptors (Lipinski definition) is 5. The first-order valence-electron chi connectivity index (χ1n) is 6.90. The molecule has 1 aliphatic rings. The molecule has 1 aromatic rings. The highest BCUT2D eigenvalue weighted by atomic mass is 16.4. The SMILES string of the molecule is CN1CCN(NC(C/C(N)=N/O)c2ccccc2)CC1. The molecule has 6 heteroatoms. The zero-order valence-electron chi connectivity index (χ0n) is 11.9. The van der Waals surface area contributed by atoms with Crippen LogP contribution in [0.5, 0.6) is 0 Å². The Morgan fingerprint density at radius 1 is 1.30 bits per heavy atom. The second-order valence-electron chi connectivity index (χ2n) is 5.18. The summed E-state index contributed by atoms with van der Waals surface area (Å²) < 4.78 is 0. The number of piperazine rings is 1. The van der Waals surface area contributed by atoms with Gasteiger partial charge >= 0.3 is 0 Å². The van der Waals surface area contributed by atoms with Gasteiger partial charge in [-0.15, -0.1) is 0 Å². The Bertz CT molecular complexity index is 428. The summed E-state index contributed by atoms with van der Waals surface area (Å²) in [7, 11) is 2.13. The van der Waals surface area contributed by atoms with Crippen LogP contribution in [-0.4, -0.2) is 54.2 Å². The standard InChI is InChI=1S/C14H23N5O/c1-18-7-9-19(10-8-18)16-13(11-14(15)17-20)12-5-3-2-4-6-12/h2-6,13,16,20H,7-11H2,1H3,(H2,15,17). The molecule has 4 N–H and O–H groups in total. The minimum Gasteiger partial charge on any atom is -0.409 e. The van der Waals surface area contributed by atoms with Gasteiger partial charge in [-0.05, 0) is 12.6 Å². The first-order valence-corrected chi connectivity index (χ1v) is 6.90. The molecular formula is C14H23N5O. The number of nitrogens with one attached hydrogen (secondary N) is 1. The maximum Gasteiger partial charge on any atom is 0.141 e. The lowest BCUT2D eigenvalue weighted by Gasteiger charge is -2.35. The molecule has 0 aromatic heterocycles. The molecule has 1 atom stereocenters. The van der Waals surface area contributed by atoms with Gasteiger partial charge in [0.15, 0.2) is 0 Å². The summed E-state index contributed by atoms with van der Waals surface area (Å²) in [6.45, 7) is 4.02. The number of oxime groups is 1. The van der Waals surface area contributed by atoms with Crippen molar-refractivity contribution in [1.29, 1.82) is 0 Å². The molecule has 0 spiro atoms. The van der Waals surface area contributed by atoms with Gasteiger partial charge in [0.1, 0.15) is 5.84 Å². The van der Waals surface area contributed by atoms with Crippen molar-refractivity contribution in [2.75, 3.05) is 33.2 Å². The summed E-state index contributed by atoms with van der Waals surface area (Å²) in [4.78, 5) is 2.30. The number of amidine groups is 1. The Morgan fingerprint density at radius 2 is 1.95 bits per heavy atom. The number of hydrazine groups is 1. The molecule has 110 valence electrons. The van der Waals surface area contributed by atoms with Crippen LogP contribution in [0.3, 0.4) is 0 Å². The van der Waals surface area contributed by atoms with Gasteiger partial charge in [-0.2, -0.15) is 0 Å². The minimum atomic E-state index is 0.0236. The van der Waals surface area contributed by atoms with E-state index in [0.717, 1.165) is 31.7 Å². The summed E-state index contributed by atoms with van der Waals surface area (Å²) in [6.07, 6.45) is 0.479. The van der Waals surface area contributed by atoms with Gasteiger partial charge in [0, 0.05) is 32.6 Å². The van der Waals surface area contributed by atoms with Crippen molar-refractivity contribution in [3.05, 3.63) is 35.9 Å². The first-order chi connectivity index (χ1) is 9.69. The summed E-state index contributed by atoms with van der Waals surface area (Å²) in [5.41, 5.74) is 10.3. The third-order valence-electron chi connectivity index (χ3n) is 3.59. The second kappa shape index (κ2) is 7.23. The largest absolute Gasteiger partial charge is 0.409 e. The Morgan fingerprint density at radius 3 is 2.55 bits per heavy atom. The highest BCUT2D eigenvalue weighted by Gasteiger charge is 2.19. The van der Waals surface area contributed by atoms with E-state index in [9.17, 15) is 0 Å². The fourth-order valence-electron chi connectivity index (χ4n) is 2.33. The average molecular weight is 277 g/mol. The Kier molecular flexibility index (Phi) is 5.34. The lowest BCUT2D eigenvalue weighted by Crippen LogP contribution is -2.52. The van der Waals surface area contributed by atoms with Crippen LogP contribution in [0.1, 0.15) is 18.0 Å². The van der Waals surface area contributed by atoms with E-state index in [0.29, 0.717) is 6.42 Å². The van der Waals surface area contributed by atoms with Crippen molar-refractivity contribution in [2.45, 2.75) is 12.5 Å². The number of benzene rings is 1. The molecule has 1 saturated heterocycles. The highest BCUT2D eigenvalue weighted by Crippen LogP contribution is 2.17. The van der Waals surface area contributed by atoms with E-state index in [2.05, 4.69) is 39.7 Å². The molecule has 0 saturated carbocycles. The number of nitrogens with zero attached hydrogens (tertiary/aromatic N) is 3. The molecule has 0 bridgehead atoms. The van der Waals surface area contributed by atoms with E-state index in [1.807, 2.05) is 18.2 Å². The van der Waals surface area contributed by atoms with Crippen molar-refractivity contribution >= 4 is 5.84 Å². The molecule has 20 heavy (non-hydrogen) atoms. The molecule has 0 aliphatic carbocycles. The van der Waals surface area contributed by atoms with Crippen molar-refractivity contribution in [2.24, 2.45) is 10.9 Å². The molecule has 1 aromatic carbocycles. The molecule has 1 fully saturated rings. The zero-order valence-corrected chi connectivity index (χ0v) is 11.9. The van der Waals surface area contributed by atoms with Gasteiger partial charge < -0.3 is 15.8 Å². The van der Waals surface area contributed by atoms with E-state index in [1.54, 1.807) is 0 Å². The fourth-order valence-corrected chi connectivity index (χ4v) is 2.33. The summed E-state index contributed by atoms with van der Waals surface area (Å²) in [5.74, 6) is 0.237. The van der Waals surface area contributed by atoms with Crippen LogP contribution in [0, 0.1) is 0 Å². The second-order valence-corrected chi connectivity index (χ2v) is 5.18. The first kappa shape index (κ1) is 14.8. The number of hydrogen-bond donors (Lipinski definition) is 3. The lowest BCUT2D eigenvalue weighted by atomic mass is 10.0. The average Bonchev–Trinajstić information content (AvgIpc) is 2.49. The van der Waals surface area contributed by atoms with Gasteiger partial charge in [-0.3, -0.25) is 0 Å². The Balaban J connectivity index is 2.03. The van der Waals surface area contributed by atoms with Gasteiger partial charge in [-0.1, -0.05) is 35.5 Å². The van der Waals surface area contributed by atoms with Crippen molar-refractivity contribution < 1.29 is 5.21 Å². The molecule has 1 heterocycles. The third-order valence-corrected chi connectivity index (χ3v) is 3.59. The van der Waals surface area contributed by atoms with E-state index >= 15 is 0 Å². The molecule has 0 radical (unpaired) electrons. The monoisotopic (exact) mass is 277 g/mol. The van der Waals surface area contributed by atoms with E-state index in [4.69, 9.17) is 10.9 Å². The van der Waals surface area contributed by atoms with Gasteiger partial charge in [-0.25, -0.2) is 10.4 Å². The van der Waals surface area contributed by atoms with Gasteiger partial charge in [0.25, 0.3) is 0 Å². The fraction of sp³-hybridized carbons (Fsp3) is 0.500. The van der Waals surface area contributed by atoms with E-state index < -0.39 is 0 Å². The number of rotatable bonds is 5. The van der Waals surface area contributed by atoms with Crippen LogP contribution in [-0.2, 0) is 0 Å². The third kappa shape index (κ3) is 4.19. The van der Waals surface area contributed by atoms with Gasteiger partial charge in [0.2, 0.25) is 0 Å². The molecule has 0 amide bonds. The number of likely N-dealkylation sites (N-methyl/N-ethyl adjacent to an activating group) is 1. The van der Waals surface area contributed by atoms with Crippen molar-refractivity contribution in [3.8, 4) is 0 Å². The summed E-state index contributed by atoms with van der Waals surface area (Å²) >= 11 is 0. The van der Waals surface area contributed by atoms with E-state index in [1.165, 1.54) is 0 Å². The molecule has 1 aliphatic heterocycles. The predicted octanol–water partition coefficient (Wildman–Crippen LogP) is 0.616. The molecule has 6 nitrogen and oxygen atoms in total. The van der Waals surface area contributed by atoms with Crippen molar-refractivity contribution in [1.82, 2.24) is 15.3 Å². The summed E-state index contributed by atoms with van der Waals surface area (Å²) in [6, 6.07) is 10.1. The topological polar surface area (TPSA) is 77.1 Å². The minimum absolute atomic E-state index is 0.0236. The quantitative estimate of drug-likeness (QED) is 0.318. The van der Waals surface area contributed by atoms with E-state index in [-0.39, 0.29) is 11.9 Å². The van der Waals surface area contributed by atoms with Crippen molar-refractivity contribution in [3.63, 3.8) is 0 Å². The summed E-state index contributed by atoms with van der Waals surface area (Å²) in [5, 5.41) is 14.1. The Hall–Kier alpha value is -1.63. The molecule has 2 rings (SSSR count). The zero-order chi connectivity index (χ0) is 14.4. The Labute approximate surface area is 119 Å². The smallest absolute Gasteiger partial charge is 0.141 e. The van der Waals surface area contributed by atoms with Crippen LogP contribution in [0.4, 0.5) is 0 Å². The van der Waals surface area contributed by atoms with Crippen LogP contribution < -0.4 is 11.2 Å². The normalized spacial score (nSPS) is 19.9.